The Kier molecular flexibility index (Phi) is 10.5. The van der Waals surface area contributed by atoms with Crippen molar-refractivity contribution in [3.63, 3.8) is 0 Å². The first kappa shape index (κ1) is 17.0. The van der Waals surface area contributed by atoms with Gasteiger partial charge in [0.05, 0.1) is 10.9 Å². The zero-order valence-corrected chi connectivity index (χ0v) is 13.5. The van der Waals surface area contributed by atoms with Gasteiger partial charge >= 0.3 is 0 Å². The van der Waals surface area contributed by atoms with E-state index in [1.807, 2.05) is 6.07 Å². The van der Waals surface area contributed by atoms with Gasteiger partial charge in [0.25, 0.3) is 0 Å². The molecule has 1 rings (SSSR count). The minimum absolute atomic E-state index is 0.800. The molecule has 19 heavy (non-hydrogen) atoms. The molecule has 1 aromatic rings. The minimum atomic E-state index is 0.800. The Morgan fingerprint density at radius 3 is 2.63 bits per heavy atom. The minimum Gasteiger partial charge on any atom is -0.380 e. The zero-order valence-electron chi connectivity index (χ0n) is 11.9. The molecular formula is C15H26ClNOS. The van der Waals surface area contributed by atoms with Crippen LogP contribution in [-0.4, -0.2) is 19.8 Å². The first-order chi connectivity index (χ1) is 9.33. The highest BCUT2D eigenvalue weighted by atomic mass is 35.5. The van der Waals surface area contributed by atoms with Crippen molar-refractivity contribution in [3.8, 4) is 0 Å². The molecule has 0 saturated carbocycles. The Morgan fingerprint density at radius 1 is 1.11 bits per heavy atom. The molecule has 0 atom stereocenters. The first-order valence-corrected chi connectivity index (χ1v) is 8.55. The maximum atomic E-state index is 5.87. The Balaban J connectivity index is 1.79. The highest BCUT2D eigenvalue weighted by Crippen LogP contribution is 2.20. The average molecular weight is 304 g/mol. The summed E-state index contributed by atoms with van der Waals surface area (Å²) in [4.78, 5) is 1.28. The lowest BCUT2D eigenvalue weighted by molar-refractivity contribution is 0.131. The highest BCUT2D eigenvalue weighted by molar-refractivity contribution is 7.16. The molecule has 0 aliphatic heterocycles. The molecule has 4 heteroatoms. The van der Waals surface area contributed by atoms with E-state index in [1.54, 1.807) is 11.3 Å². The van der Waals surface area contributed by atoms with Gasteiger partial charge < -0.3 is 10.1 Å². The smallest absolute Gasteiger partial charge is 0.0931 e. The van der Waals surface area contributed by atoms with Crippen LogP contribution in [0.4, 0.5) is 0 Å². The third-order valence-corrected chi connectivity index (χ3v) is 4.22. The van der Waals surface area contributed by atoms with E-state index in [4.69, 9.17) is 16.3 Å². The molecule has 0 amide bonds. The maximum absolute atomic E-state index is 5.87. The second-order valence-corrected chi connectivity index (χ2v) is 6.56. The Bertz CT molecular complexity index is 317. The van der Waals surface area contributed by atoms with Gasteiger partial charge in [-0.25, -0.2) is 0 Å². The second-order valence-electron chi connectivity index (χ2n) is 4.76. The van der Waals surface area contributed by atoms with Crippen LogP contribution in [0.1, 0.15) is 50.3 Å². The van der Waals surface area contributed by atoms with Crippen LogP contribution in [0.5, 0.6) is 0 Å². The van der Waals surface area contributed by atoms with Crippen LogP contribution in [0, 0.1) is 0 Å². The highest BCUT2D eigenvalue weighted by Gasteiger charge is 1.97. The molecule has 0 fully saturated rings. The number of nitrogens with one attached hydrogen (secondary N) is 1. The fourth-order valence-electron chi connectivity index (χ4n) is 1.89. The number of hydrogen-bond acceptors (Lipinski definition) is 3. The van der Waals surface area contributed by atoms with E-state index in [9.17, 15) is 0 Å². The molecule has 1 N–H and O–H groups in total. The average Bonchev–Trinajstić information content (AvgIpc) is 2.82. The van der Waals surface area contributed by atoms with E-state index >= 15 is 0 Å². The molecular weight excluding hydrogens is 278 g/mol. The van der Waals surface area contributed by atoms with Crippen LogP contribution in [-0.2, 0) is 11.3 Å². The summed E-state index contributed by atoms with van der Waals surface area (Å²) in [7, 11) is 0. The van der Waals surface area contributed by atoms with Crippen molar-refractivity contribution in [3.05, 3.63) is 21.3 Å². The van der Waals surface area contributed by atoms with Crippen molar-refractivity contribution >= 4 is 22.9 Å². The van der Waals surface area contributed by atoms with Gasteiger partial charge in [-0.15, -0.1) is 11.3 Å². The summed E-state index contributed by atoms with van der Waals surface area (Å²) in [5.74, 6) is 0. The normalized spacial score (nSPS) is 11.1. The summed E-state index contributed by atoms with van der Waals surface area (Å²) in [5, 5.41) is 3.36. The van der Waals surface area contributed by atoms with Crippen LogP contribution in [0.15, 0.2) is 12.1 Å². The monoisotopic (exact) mass is 303 g/mol. The van der Waals surface area contributed by atoms with Crippen molar-refractivity contribution in [2.45, 2.75) is 52.0 Å². The van der Waals surface area contributed by atoms with Crippen molar-refractivity contribution in [2.75, 3.05) is 19.8 Å². The van der Waals surface area contributed by atoms with Gasteiger partial charge in [0.15, 0.2) is 0 Å². The Hall–Kier alpha value is -0.0900. The molecule has 0 radical (unpaired) electrons. The SMILES string of the molecule is CCCCCCCCOCCNCc1ccc(Cl)s1. The summed E-state index contributed by atoms with van der Waals surface area (Å²) >= 11 is 7.50. The van der Waals surface area contributed by atoms with Gasteiger partial charge in [0.2, 0.25) is 0 Å². The number of thiophene rings is 1. The molecule has 0 saturated heterocycles. The van der Waals surface area contributed by atoms with Crippen molar-refractivity contribution in [1.29, 1.82) is 0 Å². The van der Waals surface area contributed by atoms with E-state index in [1.165, 1.54) is 43.4 Å². The molecule has 1 aromatic heterocycles. The van der Waals surface area contributed by atoms with E-state index in [0.29, 0.717) is 0 Å². The number of rotatable bonds is 12. The standard InChI is InChI=1S/C15H26ClNOS/c1-2-3-4-5-6-7-11-18-12-10-17-13-14-8-9-15(16)19-14/h8-9,17H,2-7,10-13H2,1H3. The number of unbranched alkanes of at least 4 members (excludes halogenated alkanes) is 5. The van der Waals surface area contributed by atoms with Gasteiger partial charge in [0, 0.05) is 24.6 Å². The fraction of sp³-hybridized carbons (Fsp3) is 0.733. The summed E-state index contributed by atoms with van der Waals surface area (Å²) in [6, 6.07) is 4.01. The lowest BCUT2D eigenvalue weighted by Crippen LogP contribution is -2.18. The lowest BCUT2D eigenvalue weighted by atomic mass is 10.1. The van der Waals surface area contributed by atoms with Gasteiger partial charge in [-0.1, -0.05) is 50.6 Å². The fourth-order valence-corrected chi connectivity index (χ4v) is 2.95. The largest absolute Gasteiger partial charge is 0.380 e. The quantitative estimate of drug-likeness (QED) is 0.556. The van der Waals surface area contributed by atoms with Crippen LogP contribution in [0.2, 0.25) is 4.34 Å². The van der Waals surface area contributed by atoms with E-state index in [0.717, 1.165) is 30.6 Å². The topological polar surface area (TPSA) is 21.3 Å². The van der Waals surface area contributed by atoms with E-state index in [-0.39, 0.29) is 0 Å². The van der Waals surface area contributed by atoms with Gasteiger partial charge in [-0.05, 0) is 18.6 Å². The zero-order chi connectivity index (χ0) is 13.8. The maximum Gasteiger partial charge on any atom is 0.0931 e. The van der Waals surface area contributed by atoms with Crippen LogP contribution < -0.4 is 5.32 Å². The van der Waals surface area contributed by atoms with Gasteiger partial charge in [-0.2, -0.15) is 0 Å². The molecule has 0 aromatic carbocycles. The van der Waals surface area contributed by atoms with E-state index in [2.05, 4.69) is 18.3 Å². The van der Waals surface area contributed by atoms with Crippen LogP contribution >= 0.6 is 22.9 Å². The van der Waals surface area contributed by atoms with Gasteiger partial charge in [0.1, 0.15) is 0 Å². The molecule has 0 aliphatic carbocycles. The third-order valence-electron chi connectivity index (χ3n) is 2.99. The van der Waals surface area contributed by atoms with Crippen LogP contribution in [0.25, 0.3) is 0 Å². The number of hydrogen-bond donors (Lipinski definition) is 1. The molecule has 0 spiro atoms. The van der Waals surface area contributed by atoms with Crippen molar-refractivity contribution in [2.24, 2.45) is 0 Å². The van der Waals surface area contributed by atoms with E-state index < -0.39 is 0 Å². The second kappa shape index (κ2) is 11.7. The summed E-state index contributed by atoms with van der Waals surface area (Å²) < 4.78 is 6.46. The Labute approximate surface area is 126 Å². The molecule has 0 aliphatic rings. The molecule has 0 bridgehead atoms. The van der Waals surface area contributed by atoms with Crippen molar-refractivity contribution < 1.29 is 4.74 Å². The summed E-state index contributed by atoms with van der Waals surface area (Å²) in [6.07, 6.45) is 7.93. The lowest BCUT2D eigenvalue weighted by Gasteiger charge is -2.05. The van der Waals surface area contributed by atoms with Crippen LogP contribution in [0.3, 0.4) is 0 Å². The van der Waals surface area contributed by atoms with Crippen molar-refractivity contribution in [1.82, 2.24) is 5.32 Å². The Morgan fingerprint density at radius 2 is 1.89 bits per heavy atom. The summed E-state index contributed by atoms with van der Waals surface area (Å²) in [5.41, 5.74) is 0. The first-order valence-electron chi connectivity index (χ1n) is 7.35. The molecule has 2 nitrogen and oxygen atoms in total. The number of ether oxygens (including phenoxy) is 1. The van der Waals surface area contributed by atoms with Gasteiger partial charge in [-0.3, -0.25) is 0 Å². The molecule has 0 unspecified atom stereocenters. The molecule has 110 valence electrons. The predicted octanol–water partition coefficient (Wildman–Crippen LogP) is 4.87. The summed E-state index contributed by atoms with van der Waals surface area (Å²) in [6.45, 7) is 5.75. The predicted molar refractivity (Wildman–Crippen MR) is 85.2 cm³/mol. The number of halogens is 1. The third kappa shape index (κ3) is 9.44. The molecule has 1 heterocycles.